The summed E-state index contributed by atoms with van der Waals surface area (Å²) in [5, 5.41) is 1.59. The predicted molar refractivity (Wildman–Crippen MR) is 121 cm³/mol. The van der Waals surface area contributed by atoms with Gasteiger partial charge in [-0.25, -0.2) is 4.98 Å². The maximum absolute atomic E-state index is 13.1. The molecule has 158 valence electrons. The van der Waals surface area contributed by atoms with Crippen LogP contribution in [0.15, 0.2) is 42.5 Å². The van der Waals surface area contributed by atoms with Gasteiger partial charge in [0, 0.05) is 31.2 Å². The van der Waals surface area contributed by atoms with Gasteiger partial charge in [-0.3, -0.25) is 4.79 Å². The second-order valence-electron chi connectivity index (χ2n) is 7.65. The SMILES string of the molecule is COc1cccc2sc(N3CCN(C(=O)C(C)(C)Oc4ccc(Cl)cc4)CC3)nc12. The Morgan fingerprint density at radius 2 is 1.80 bits per heavy atom. The fourth-order valence-corrected chi connectivity index (χ4v) is 4.69. The van der Waals surface area contributed by atoms with E-state index in [-0.39, 0.29) is 5.91 Å². The number of carbonyl (C=O) groups is 1. The van der Waals surface area contributed by atoms with Crippen molar-refractivity contribution in [3.05, 3.63) is 47.5 Å². The molecule has 8 heteroatoms. The Morgan fingerprint density at radius 3 is 2.47 bits per heavy atom. The molecule has 1 fully saturated rings. The van der Waals surface area contributed by atoms with Crippen LogP contribution >= 0.6 is 22.9 Å². The Hall–Kier alpha value is -2.51. The van der Waals surface area contributed by atoms with Gasteiger partial charge in [0.25, 0.3) is 5.91 Å². The molecule has 0 radical (unpaired) electrons. The van der Waals surface area contributed by atoms with Gasteiger partial charge in [0.15, 0.2) is 10.7 Å². The number of methoxy groups -OCH3 is 1. The molecular formula is C22H24ClN3O3S. The van der Waals surface area contributed by atoms with Crippen LogP contribution in [0.5, 0.6) is 11.5 Å². The lowest BCUT2D eigenvalue weighted by molar-refractivity contribution is -0.145. The lowest BCUT2D eigenvalue weighted by atomic mass is 10.1. The number of hydrogen-bond donors (Lipinski definition) is 0. The van der Waals surface area contributed by atoms with Crippen LogP contribution in [0.25, 0.3) is 10.2 Å². The zero-order valence-corrected chi connectivity index (χ0v) is 18.8. The van der Waals surface area contributed by atoms with E-state index in [1.165, 1.54) is 0 Å². The number of piperazine rings is 1. The second kappa shape index (κ2) is 8.32. The van der Waals surface area contributed by atoms with E-state index in [1.807, 2.05) is 17.0 Å². The molecule has 1 aliphatic heterocycles. The van der Waals surface area contributed by atoms with Gasteiger partial charge < -0.3 is 19.3 Å². The summed E-state index contributed by atoms with van der Waals surface area (Å²) in [4.78, 5) is 21.9. The Morgan fingerprint density at radius 1 is 1.10 bits per heavy atom. The van der Waals surface area contributed by atoms with Crippen LogP contribution in [-0.2, 0) is 4.79 Å². The van der Waals surface area contributed by atoms with E-state index < -0.39 is 5.60 Å². The number of fused-ring (bicyclic) bond motifs is 1. The van der Waals surface area contributed by atoms with Gasteiger partial charge in [-0.05, 0) is 50.2 Å². The number of benzene rings is 2. The zero-order valence-electron chi connectivity index (χ0n) is 17.2. The average molecular weight is 446 g/mol. The average Bonchev–Trinajstić information content (AvgIpc) is 3.19. The van der Waals surface area contributed by atoms with Gasteiger partial charge in [-0.15, -0.1) is 0 Å². The molecule has 1 aliphatic rings. The minimum absolute atomic E-state index is 0.0249. The number of aromatic nitrogens is 1. The molecule has 4 rings (SSSR count). The molecular weight excluding hydrogens is 422 g/mol. The smallest absolute Gasteiger partial charge is 0.266 e. The Labute approximate surface area is 185 Å². The van der Waals surface area contributed by atoms with E-state index in [0.717, 1.165) is 34.2 Å². The summed E-state index contributed by atoms with van der Waals surface area (Å²) in [5.74, 6) is 1.38. The first-order chi connectivity index (χ1) is 14.4. The van der Waals surface area contributed by atoms with Crippen molar-refractivity contribution in [2.24, 2.45) is 0 Å². The summed E-state index contributed by atoms with van der Waals surface area (Å²) in [6.07, 6.45) is 0. The molecule has 6 nitrogen and oxygen atoms in total. The molecule has 0 spiro atoms. The minimum Gasteiger partial charge on any atom is -0.494 e. The van der Waals surface area contributed by atoms with Crippen molar-refractivity contribution in [1.82, 2.24) is 9.88 Å². The van der Waals surface area contributed by atoms with E-state index in [4.69, 9.17) is 26.1 Å². The van der Waals surface area contributed by atoms with Crippen molar-refractivity contribution in [2.75, 3.05) is 38.2 Å². The largest absolute Gasteiger partial charge is 0.494 e. The van der Waals surface area contributed by atoms with Gasteiger partial charge in [0.1, 0.15) is 17.0 Å². The van der Waals surface area contributed by atoms with Gasteiger partial charge in [0.05, 0.1) is 11.8 Å². The first-order valence-electron chi connectivity index (χ1n) is 9.80. The van der Waals surface area contributed by atoms with Gasteiger partial charge in [0.2, 0.25) is 0 Å². The van der Waals surface area contributed by atoms with Crippen molar-refractivity contribution < 1.29 is 14.3 Å². The van der Waals surface area contributed by atoms with Crippen LogP contribution in [0.2, 0.25) is 5.02 Å². The molecule has 0 unspecified atom stereocenters. The fourth-order valence-electron chi connectivity index (χ4n) is 3.53. The third-order valence-electron chi connectivity index (χ3n) is 5.13. The predicted octanol–water partition coefficient (Wildman–Crippen LogP) is 4.46. The molecule has 0 atom stereocenters. The van der Waals surface area contributed by atoms with Crippen molar-refractivity contribution >= 4 is 44.2 Å². The molecule has 3 aromatic rings. The number of rotatable bonds is 5. The van der Waals surface area contributed by atoms with Crippen LogP contribution in [0.1, 0.15) is 13.8 Å². The topological polar surface area (TPSA) is 54.9 Å². The third-order valence-corrected chi connectivity index (χ3v) is 6.46. The molecule has 0 aliphatic carbocycles. The number of anilines is 1. The number of halogens is 1. The molecule has 2 aromatic carbocycles. The third kappa shape index (κ3) is 4.18. The number of nitrogens with zero attached hydrogens (tertiary/aromatic N) is 3. The van der Waals surface area contributed by atoms with Crippen molar-refractivity contribution in [3.8, 4) is 11.5 Å². The van der Waals surface area contributed by atoms with Gasteiger partial charge in [-0.2, -0.15) is 0 Å². The van der Waals surface area contributed by atoms with Crippen LogP contribution in [-0.4, -0.2) is 54.7 Å². The normalized spacial score (nSPS) is 14.8. The molecule has 0 bridgehead atoms. The van der Waals surface area contributed by atoms with Gasteiger partial charge >= 0.3 is 0 Å². The van der Waals surface area contributed by atoms with E-state index in [1.54, 1.807) is 56.6 Å². The highest BCUT2D eigenvalue weighted by molar-refractivity contribution is 7.22. The summed E-state index contributed by atoms with van der Waals surface area (Å²) in [6, 6.07) is 13.0. The van der Waals surface area contributed by atoms with E-state index in [0.29, 0.717) is 23.9 Å². The highest BCUT2D eigenvalue weighted by Crippen LogP contribution is 2.34. The highest BCUT2D eigenvalue weighted by Gasteiger charge is 2.36. The maximum Gasteiger partial charge on any atom is 0.266 e. The Bertz CT molecular complexity index is 1040. The first kappa shape index (κ1) is 20.8. The summed E-state index contributed by atoms with van der Waals surface area (Å²) in [6.45, 7) is 6.31. The highest BCUT2D eigenvalue weighted by atomic mass is 35.5. The summed E-state index contributed by atoms with van der Waals surface area (Å²) >= 11 is 7.57. The monoisotopic (exact) mass is 445 g/mol. The number of hydrogen-bond acceptors (Lipinski definition) is 6. The van der Waals surface area contributed by atoms with Crippen LogP contribution in [0.4, 0.5) is 5.13 Å². The summed E-state index contributed by atoms with van der Waals surface area (Å²) in [5.41, 5.74) is -0.0739. The molecule has 1 aromatic heterocycles. The lowest BCUT2D eigenvalue weighted by Gasteiger charge is -2.38. The van der Waals surface area contributed by atoms with E-state index >= 15 is 0 Å². The van der Waals surface area contributed by atoms with Crippen LogP contribution in [0, 0.1) is 0 Å². The van der Waals surface area contributed by atoms with E-state index in [9.17, 15) is 4.79 Å². The number of amides is 1. The number of ether oxygens (including phenoxy) is 2. The van der Waals surface area contributed by atoms with E-state index in [2.05, 4.69) is 11.0 Å². The molecule has 2 heterocycles. The lowest BCUT2D eigenvalue weighted by Crippen LogP contribution is -2.55. The van der Waals surface area contributed by atoms with Crippen LogP contribution in [0.3, 0.4) is 0 Å². The second-order valence-corrected chi connectivity index (χ2v) is 9.09. The summed E-state index contributed by atoms with van der Waals surface area (Å²) < 4.78 is 12.5. The zero-order chi connectivity index (χ0) is 21.3. The number of para-hydroxylation sites is 1. The Balaban J connectivity index is 1.41. The maximum atomic E-state index is 13.1. The van der Waals surface area contributed by atoms with Crippen molar-refractivity contribution in [3.63, 3.8) is 0 Å². The summed E-state index contributed by atoms with van der Waals surface area (Å²) in [7, 11) is 1.66. The molecule has 0 saturated carbocycles. The number of thiazole rings is 1. The fraction of sp³-hybridized carbons (Fsp3) is 0.364. The molecule has 0 N–H and O–H groups in total. The Kier molecular flexibility index (Phi) is 5.75. The van der Waals surface area contributed by atoms with Crippen molar-refractivity contribution in [2.45, 2.75) is 19.4 Å². The molecule has 1 amide bonds. The standard InChI is InChI=1S/C22H24ClN3O3S/c1-22(2,29-16-9-7-15(23)8-10-16)20(27)25-11-13-26(14-12-25)21-24-19-17(28-3)5-4-6-18(19)30-21/h4-10H,11-14H2,1-3H3. The quantitative estimate of drug-likeness (QED) is 0.580. The molecule has 1 saturated heterocycles. The van der Waals surface area contributed by atoms with Crippen LogP contribution < -0.4 is 14.4 Å². The number of carbonyl (C=O) groups excluding carboxylic acids is 1. The first-order valence-corrected chi connectivity index (χ1v) is 11.0. The van der Waals surface area contributed by atoms with Gasteiger partial charge in [-0.1, -0.05) is 29.0 Å². The minimum atomic E-state index is -0.959. The molecule has 30 heavy (non-hydrogen) atoms. The van der Waals surface area contributed by atoms with Crippen molar-refractivity contribution in [1.29, 1.82) is 0 Å².